The summed E-state index contributed by atoms with van der Waals surface area (Å²) in [5.41, 5.74) is 4.52. The number of rotatable bonds is 4. The fourth-order valence-electron chi connectivity index (χ4n) is 3.86. The minimum atomic E-state index is 0.414. The van der Waals surface area contributed by atoms with Crippen LogP contribution in [0.3, 0.4) is 0 Å². The molecule has 27 heavy (non-hydrogen) atoms. The molecule has 7 nitrogen and oxygen atoms in total. The van der Waals surface area contributed by atoms with Crippen molar-refractivity contribution in [2.24, 2.45) is 0 Å². The second-order valence-corrected chi connectivity index (χ2v) is 7.29. The number of anilines is 4. The smallest absolute Gasteiger partial charge is 0.247 e. The maximum absolute atomic E-state index is 5.45. The van der Waals surface area contributed by atoms with Crippen LogP contribution in [0.5, 0.6) is 0 Å². The zero-order valence-electron chi connectivity index (χ0n) is 15.5. The zero-order chi connectivity index (χ0) is 18.2. The molecule has 7 heteroatoms. The average molecular weight is 364 g/mol. The SMILES string of the molecule is CN1CCc2ccc(Nc3nc4cccc(NC5CCOCC5)n4n3)cc21. The molecule has 3 aromatic rings. The molecule has 0 atom stereocenters. The van der Waals surface area contributed by atoms with Gasteiger partial charge in [-0.1, -0.05) is 12.1 Å². The van der Waals surface area contributed by atoms with Crippen LogP contribution in [0.25, 0.3) is 5.65 Å². The summed E-state index contributed by atoms with van der Waals surface area (Å²) in [5, 5.41) is 11.6. The lowest BCUT2D eigenvalue weighted by Crippen LogP contribution is -2.28. The number of pyridine rings is 1. The number of hydrogen-bond donors (Lipinski definition) is 2. The van der Waals surface area contributed by atoms with Crippen LogP contribution in [-0.2, 0) is 11.2 Å². The summed E-state index contributed by atoms with van der Waals surface area (Å²) in [6.45, 7) is 2.70. The van der Waals surface area contributed by atoms with E-state index >= 15 is 0 Å². The van der Waals surface area contributed by atoms with Gasteiger partial charge < -0.3 is 20.3 Å². The van der Waals surface area contributed by atoms with Crippen LogP contribution in [0.2, 0.25) is 0 Å². The first kappa shape index (κ1) is 16.4. The zero-order valence-corrected chi connectivity index (χ0v) is 15.5. The lowest BCUT2D eigenvalue weighted by molar-refractivity contribution is 0.0903. The van der Waals surface area contributed by atoms with E-state index in [2.05, 4.69) is 50.9 Å². The van der Waals surface area contributed by atoms with Gasteiger partial charge in [-0.3, -0.25) is 0 Å². The molecular weight excluding hydrogens is 340 g/mol. The van der Waals surface area contributed by atoms with Crippen LogP contribution in [0, 0.1) is 0 Å². The van der Waals surface area contributed by atoms with Crippen LogP contribution < -0.4 is 15.5 Å². The van der Waals surface area contributed by atoms with Crippen LogP contribution in [-0.4, -0.2) is 47.4 Å². The Bertz CT molecular complexity index is 962. The van der Waals surface area contributed by atoms with Gasteiger partial charge >= 0.3 is 0 Å². The van der Waals surface area contributed by atoms with E-state index in [-0.39, 0.29) is 0 Å². The van der Waals surface area contributed by atoms with Gasteiger partial charge in [-0.15, -0.1) is 5.10 Å². The molecule has 0 bridgehead atoms. The van der Waals surface area contributed by atoms with Crippen LogP contribution >= 0.6 is 0 Å². The van der Waals surface area contributed by atoms with Crippen molar-refractivity contribution in [2.75, 3.05) is 42.3 Å². The molecule has 1 fully saturated rings. The molecule has 2 N–H and O–H groups in total. The molecule has 0 amide bonds. The first-order chi connectivity index (χ1) is 13.3. The molecule has 0 aliphatic carbocycles. The van der Waals surface area contributed by atoms with Gasteiger partial charge in [0.2, 0.25) is 5.95 Å². The van der Waals surface area contributed by atoms with Gasteiger partial charge in [0.05, 0.1) is 0 Å². The topological polar surface area (TPSA) is 66.7 Å². The third-order valence-corrected chi connectivity index (χ3v) is 5.40. The molecule has 1 aromatic carbocycles. The van der Waals surface area contributed by atoms with Crippen LogP contribution in [0.15, 0.2) is 36.4 Å². The van der Waals surface area contributed by atoms with Crippen molar-refractivity contribution in [3.63, 3.8) is 0 Å². The Morgan fingerprint density at radius 2 is 2.04 bits per heavy atom. The van der Waals surface area contributed by atoms with E-state index in [1.54, 1.807) is 0 Å². The summed E-state index contributed by atoms with van der Waals surface area (Å²) >= 11 is 0. The van der Waals surface area contributed by atoms with Crippen LogP contribution in [0.4, 0.5) is 23.1 Å². The quantitative estimate of drug-likeness (QED) is 0.742. The molecule has 0 unspecified atom stereocenters. The predicted molar refractivity (Wildman–Crippen MR) is 107 cm³/mol. The van der Waals surface area contributed by atoms with Crippen molar-refractivity contribution in [1.82, 2.24) is 14.6 Å². The van der Waals surface area contributed by atoms with E-state index in [1.165, 1.54) is 11.3 Å². The molecule has 2 aliphatic rings. The molecule has 2 aliphatic heterocycles. The van der Waals surface area contributed by atoms with E-state index in [9.17, 15) is 0 Å². The number of nitrogens with one attached hydrogen (secondary N) is 2. The maximum Gasteiger partial charge on any atom is 0.247 e. The van der Waals surface area contributed by atoms with Gasteiger partial charge in [0.15, 0.2) is 5.65 Å². The second-order valence-electron chi connectivity index (χ2n) is 7.29. The molecule has 0 radical (unpaired) electrons. The number of fused-ring (bicyclic) bond motifs is 2. The minimum absolute atomic E-state index is 0.414. The molecule has 5 rings (SSSR count). The molecule has 1 saturated heterocycles. The van der Waals surface area contributed by atoms with Gasteiger partial charge in [0, 0.05) is 44.2 Å². The molecule has 0 saturated carbocycles. The average Bonchev–Trinajstić information content (AvgIpc) is 3.27. The summed E-state index contributed by atoms with van der Waals surface area (Å²) in [7, 11) is 2.13. The molecule has 4 heterocycles. The van der Waals surface area contributed by atoms with E-state index in [0.717, 1.165) is 56.2 Å². The highest BCUT2D eigenvalue weighted by atomic mass is 16.5. The van der Waals surface area contributed by atoms with Crippen molar-refractivity contribution in [3.05, 3.63) is 42.0 Å². The monoisotopic (exact) mass is 364 g/mol. The highest BCUT2D eigenvalue weighted by Gasteiger charge is 2.17. The lowest BCUT2D eigenvalue weighted by Gasteiger charge is -2.24. The number of benzene rings is 1. The van der Waals surface area contributed by atoms with Crippen molar-refractivity contribution >= 4 is 28.8 Å². The standard InChI is InChI=1S/C20H24N6O/c1-25-10-7-14-5-6-16(13-17(14)25)22-20-23-19-4-2-3-18(26(19)24-20)21-15-8-11-27-12-9-15/h2-6,13,15,21H,7-12H2,1H3,(H,22,24). The summed E-state index contributed by atoms with van der Waals surface area (Å²) in [4.78, 5) is 6.92. The minimum Gasteiger partial charge on any atom is -0.381 e. The second kappa shape index (κ2) is 6.74. The maximum atomic E-state index is 5.45. The van der Waals surface area contributed by atoms with Crippen molar-refractivity contribution in [2.45, 2.75) is 25.3 Å². The van der Waals surface area contributed by atoms with Gasteiger partial charge in [-0.2, -0.15) is 9.50 Å². The van der Waals surface area contributed by atoms with Gasteiger partial charge in [0.25, 0.3) is 0 Å². The highest BCUT2D eigenvalue weighted by molar-refractivity contribution is 5.68. The molecule has 0 spiro atoms. The Morgan fingerprint density at radius 1 is 1.15 bits per heavy atom. The fraction of sp³-hybridized carbons (Fsp3) is 0.400. The molecular formula is C20H24N6O. The third kappa shape index (κ3) is 3.19. The Balaban J connectivity index is 1.40. The van der Waals surface area contributed by atoms with E-state index in [0.29, 0.717) is 12.0 Å². The van der Waals surface area contributed by atoms with Crippen LogP contribution in [0.1, 0.15) is 18.4 Å². The highest BCUT2D eigenvalue weighted by Crippen LogP contribution is 2.30. The Morgan fingerprint density at radius 3 is 2.93 bits per heavy atom. The number of likely N-dealkylation sites (N-methyl/N-ethyl adjacent to an activating group) is 1. The first-order valence-corrected chi connectivity index (χ1v) is 9.57. The summed E-state index contributed by atoms with van der Waals surface area (Å²) in [5.74, 6) is 1.57. The Kier molecular flexibility index (Phi) is 4.09. The predicted octanol–water partition coefficient (Wildman–Crippen LogP) is 3.06. The fourth-order valence-corrected chi connectivity index (χ4v) is 3.86. The van der Waals surface area contributed by atoms with Gasteiger partial charge in [0.1, 0.15) is 5.82 Å². The van der Waals surface area contributed by atoms with Crippen molar-refractivity contribution < 1.29 is 4.74 Å². The Labute approximate surface area is 158 Å². The number of hydrogen-bond acceptors (Lipinski definition) is 6. The van der Waals surface area contributed by atoms with Gasteiger partial charge in [-0.05, 0) is 49.1 Å². The number of ether oxygens (including phenoxy) is 1. The van der Waals surface area contributed by atoms with E-state index in [4.69, 9.17) is 4.74 Å². The van der Waals surface area contributed by atoms with Gasteiger partial charge in [-0.25, -0.2) is 0 Å². The third-order valence-electron chi connectivity index (χ3n) is 5.40. The van der Waals surface area contributed by atoms with Crippen molar-refractivity contribution in [1.29, 1.82) is 0 Å². The largest absolute Gasteiger partial charge is 0.381 e. The number of aromatic nitrogens is 3. The molecule has 140 valence electrons. The number of nitrogens with zero attached hydrogens (tertiary/aromatic N) is 4. The van der Waals surface area contributed by atoms with E-state index < -0.39 is 0 Å². The van der Waals surface area contributed by atoms with E-state index in [1.807, 2.05) is 22.7 Å². The normalized spacial score (nSPS) is 17.3. The summed E-state index contributed by atoms with van der Waals surface area (Å²) < 4.78 is 7.32. The van der Waals surface area contributed by atoms with Crippen molar-refractivity contribution in [3.8, 4) is 0 Å². The first-order valence-electron chi connectivity index (χ1n) is 9.57. The lowest BCUT2D eigenvalue weighted by atomic mass is 10.1. The summed E-state index contributed by atoms with van der Waals surface area (Å²) in [6.07, 6.45) is 3.14. The summed E-state index contributed by atoms with van der Waals surface area (Å²) in [6, 6.07) is 12.9. The molecule has 2 aromatic heterocycles. The Hall–Kier alpha value is -2.80.